The minimum Gasteiger partial charge on any atom is -0.508 e. The molecule has 0 spiro atoms. The van der Waals surface area contributed by atoms with Crippen LogP contribution in [0.4, 0.5) is 5.69 Å². The second kappa shape index (κ2) is 5.11. The predicted molar refractivity (Wildman–Crippen MR) is 95.8 cm³/mol. The summed E-state index contributed by atoms with van der Waals surface area (Å²) in [5.74, 6) is 0.249. The topological polar surface area (TPSA) is 70.1 Å². The van der Waals surface area contributed by atoms with Crippen LogP contribution >= 0.6 is 11.3 Å². The average molecular weight is 318 g/mol. The Hall–Kier alpha value is -2.85. The normalized spacial score (nSPS) is 11.1. The van der Waals surface area contributed by atoms with E-state index in [2.05, 4.69) is 0 Å². The lowest BCUT2D eigenvalue weighted by Gasteiger charge is -2.16. The van der Waals surface area contributed by atoms with Gasteiger partial charge in [-0.25, -0.2) is 0 Å². The largest absolute Gasteiger partial charge is 0.508 e. The van der Waals surface area contributed by atoms with E-state index in [0.29, 0.717) is 5.36 Å². The van der Waals surface area contributed by atoms with Crippen LogP contribution in [0.5, 0.6) is 5.75 Å². The molecule has 0 saturated heterocycles. The molecule has 0 fully saturated rings. The predicted octanol–water partition coefficient (Wildman–Crippen LogP) is 4.44. The highest BCUT2D eigenvalue weighted by molar-refractivity contribution is 7.21. The average Bonchev–Trinajstić information content (AvgIpc) is 2.53. The number of benzene rings is 3. The summed E-state index contributed by atoms with van der Waals surface area (Å²) in [4.78, 5) is 1.05. The number of nitrogens with one attached hydrogen (secondary N) is 1. The van der Waals surface area contributed by atoms with E-state index in [1.165, 1.54) is 0 Å². The smallest absolute Gasteiger partial charge is 0.115 e. The van der Waals surface area contributed by atoms with Crippen molar-refractivity contribution in [2.24, 2.45) is 0 Å². The van der Waals surface area contributed by atoms with Crippen LogP contribution in [0.25, 0.3) is 31.7 Å². The number of nitrogen functional groups attached to an aromatic ring is 1. The van der Waals surface area contributed by atoms with Gasteiger partial charge in [0.25, 0.3) is 0 Å². The van der Waals surface area contributed by atoms with Gasteiger partial charge in [-0.1, -0.05) is 24.3 Å². The Morgan fingerprint density at radius 2 is 1.70 bits per heavy atom. The molecule has 112 valence electrons. The fourth-order valence-electron chi connectivity index (χ4n) is 2.85. The highest BCUT2D eigenvalue weighted by atomic mass is 32.1. The summed E-state index contributed by atoms with van der Waals surface area (Å²) in [7, 11) is 0. The number of phenolic OH excluding ortho intramolecular Hbond substituents is 1. The van der Waals surface area contributed by atoms with Crippen molar-refractivity contribution in [2.45, 2.75) is 0 Å². The fraction of sp³-hybridized carbons (Fsp3) is 0. The molecule has 4 rings (SSSR count). The Balaban J connectivity index is 2.17. The van der Waals surface area contributed by atoms with Gasteiger partial charge in [0.15, 0.2) is 0 Å². The first kappa shape index (κ1) is 13.8. The van der Waals surface area contributed by atoms with E-state index < -0.39 is 0 Å². The maximum atomic E-state index is 9.56. The van der Waals surface area contributed by atoms with Crippen LogP contribution in [0.3, 0.4) is 0 Å². The van der Waals surface area contributed by atoms with Crippen molar-refractivity contribution < 1.29 is 5.11 Å². The fourth-order valence-corrected chi connectivity index (χ4v) is 4.02. The van der Waals surface area contributed by atoms with Crippen molar-refractivity contribution in [1.82, 2.24) is 0 Å². The molecule has 3 nitrogen and oxygen atoms in total. The molecule has 1 aliphatic heterocycles. The molecule has 4 N–H and O–H groups in total. The Kier molecular flexibility index (Phi) is 3.06. The Morgan fingerprint density at radius 1 is 0.913 bits per heavy atom. The van der Waals surface area contributed by atoms with E-state index >= 15 is 0 Å². The summed E-state index contributed by atoms with van der Waals surface area (Å²) < 4.78 is 1.09. The number of phenols is 1. The van der Waals surface area contributed by atoms with Gasteiger partial charge >= 0.3 is 0 Å². The SMILES string of the molecule is N=c1ccc2c(-c3ccc(O)cc3)c3ccc(N)cc3sc-2c1. The van der Waals surface area contributed by atoms with Gasteiger partial charge in [-0.2, -0.15) is 0 Å². The van der Waals surface area contributed by atoms with Gasteiger partial charge in [-0.15, -0.1) is 11.3 Å². The second-order valence-electron chi connectivity index (χ2n) is 5.49. The van der Waals surface area contributed by atoms with Gasteiger partial charge in [0.05, 0.1) is 5.36 Å². The summed E-state index contributed by atoms with van der Waals surface area (Å²) in [6.45, 7) is 0. The van der Waals surface area contributed by atoms with Crippen molar-refractivity contribution >= 4 is 27.1 Å². The van der Waals surface area contributed by atoms with Gasteiger partial charge in [0, 0.05) is 26.2 Å². The third-order valence-corrected chi connectivity index (χ3v) is 5.02. The monoisotopic (exact) mass is 318 g/mol. The maximum absolute atomic E-state index is 9.56. The number of hydrogen-bond acceptors (Lipinski definition) is 4. The van der Waals surface area contributed by atoms with Gasteiger partial charge in [-0.05, 0) is 47.5 Å². The summed E-state index contributed by atoms with van der Waals surface area (Å²) in [5.41, 5.74) is 9.92. The summed E-state index contributed by atoms with van der Waals surface area (Å²) in [6.07, 6.45) is 0. The molecule has 2 aliphatic rings. The molecular weight excluding hydrogens is 304 g/mol. The van der Waals surface area contributed by atoms with Crippen LogP contribution in [-0.4, -0.2) is 5.11 Å². The lowest BCUT2D eigenvalue weighted by atomic mass is 9.95. The van der Waals surface area contributed by atoms with Gasteiger partial charge in [0.1, 0.15) is 5.75 Å². The minimum atomic E-state index is 0.249. The third-order valence-electron chi connectivity index (χ3n) is 3.90. The zero-order valence-electron chi connectivity index (χ0n) is 12.2. The van der Waals surface area contributed by atoms with Crippen molar-refractivity contribution in [3.05, 3.63) is 66.0 Å². The van der Waals surface area contributed by atoms with Crippen molar-refractivity contribution in [2.75, 3.05) is 5.73 Å². The first-order chi connectivity index (χ1) is 11.1. The molecule has 0 saturated carbocycles. The second-order valence-corrected chi connectivity index (χ2v) is 6.57. The molecule has 0 atom stereocenters. The molecule has 2 aromatic carbocycles. The number of nitrogens with two attached hydrogens (primary N) is 1. The number of hydrogen-bond donors (Lipinski definition) is 3. The van der Waals surface area contributed by atoms with Crippen LogP contribution in [0.1, 0.15) is 0 Å². The van der Waals surface area contributed by atoms with Crippen molar-refractivity contribution in [1.29, 1.82) is 5.41 Å². The van der Waals surface area contributed by atoms with Crippen molar-refractivity contribution in [3.63, 3.8) is 0 Å². The Morgan fingerprint density at radius 3 is 2.48 bits per heavy atom. The molecule has 0 aromatic heterocycles. The van der Waals surface area contributed by atoms with Crippen LogP contribution in [0.2, 0.25) is 0 Å². The number of rotatable bonds is 1. The number of aromatic hydroxyl groups is 1. The summed E-state index contributed by atoms with van der Waals surface area (Å²) in [6, 6.07) is 18.8. The molecule has 4 heteroatoms. The molecular formula is C19H14N2OS. The molecule has 0 radical (unpaired) electrons. The molecule has 2 aromatic rings. The molecule has 0 amide bonds. The highest BCUT2D eigenvalue weighted by Gasteiger charge is 2.15. The van der Waals surface area contributed by atoms with E-state index in [9.17, 15) is 5.11 Å². The molecule has 1 aliphatic carbocycles. The first-order valence-electron chi connectivity index (χ1n) is 7.22. The standard InChI is InChI=1S/C19H14N2OS/c20-12-3-7-15-17(9-12)23-18-10-13(21)4-8-16(18)19(15)11-1-5-14(22)6-2-11/h1-10,20,22H,21H2. The molecule has 1 heterocycles. The molecule has 0 unspecified atom stereocenters. The van der Waals surface area contributed by atoms with E-state index in [1.807, 2.05) is 48.5 Å². The Labute approximate surface area is 137 Å². The van der Waals surface area contributed by atoms with Crippen LogP contribution in [-0.2, 0) is 0 Å². The summed E-state index contributed by atoms with van der Waals surface area (Å²) >= 11 is 1.64. The van der Waals surface area contributed by atoms with Gasteiger partial charge < -0.3 is 16.2 Å². The van der Waals surface area contributed by atoms with Crippen LogP contribution in [0, 0.1) is 5.41 Å². The number of anilines is 1. The molecule has 23 heavy (non-hydrogen) atoms. The zero-order valence-corrected chi connectivity index (χ0v) is 13.0. The summed E-state index contributed by atoms with van der Waals surface area (Å²) in [5, 5.41) is 19.1. The zero-order chi connectivity index (χ0) is 16.0. The van der Waals surface area contributed by atoms with Crippen LogP contribution < -0.4 is 11.1 Å². The van der Waals surface area contributed by atoms with E-state index in [1.54, 1.807) is 23.5 Å². The van der Waals surface area contributed by atoms with E-state index in [0.717, 1.165) is 37.3 Å². The van der Waals surface area contributed by atoms with E-state index in [-0.39, 0.29) is 5.75 Å². The quantitative estimate of drug-likeness (QED) is 0.359. The first-order valence-corrected chi connectivity index (χ1v) is 8.03. The molecule has 0 bridgehead atoms. The number of fused-ring (bicyclic) bond motifs is 2. The lowest BCUT2D eigenvalue weighted by Crippen LogP contribution is -1.99. The van der Waals surface area contributed by atoms with Crippen molar-refractivity contribution in [3.8, 4) is 27.3 Å². The van der Waals surface area contributed by atoms with Crippen LogP contribution in [0.15, 0.2) is 60.7 Å². The Bertz CT molecular complexity index is 1050. The lowest BCUT2D eigenvalue weighted by molar-refractivity contribution is 0.475. The highest BCUT2D eigenvalue weighted by Crippen LogP contribution is 2.43. The minimum absolute atomic E-state index is 0.249. The van der Waals surface area contributed by atoms with Gasteiger partial charge in [0.2, 0.25) is 0 Å². The van der Waals surface area contributed by atoms with Gasteiger partial charge in [-0.3, -0.25) is 0 Å². The van der Waals surface area contributed by atoms with E-state index in [4.69, 9.17) is 11.1 Å². The third kappa shape index (κ3) is 2.33. The maximum Gasteiger partial charge on any atom is 0.115 e.